The number of benzene rings is 1. The van der Waals surface area contributed by atoms with Gasteiger partial charge in [-0.15, -0.1) is 0 Å². The van der Waals surface area contributed by atoms with E-state index in [0.717, 1.165) is 12.8 Å². The normalized spacial score (nSPS) is 21.3. The molecule has 21 heavy (non-hydrogen) atoms. The molecule has 0 unspecified atom stereocenters. The summed E-state index contributed by atoms with van der Waals surface area (Å²) < 4.78 is 27.2. The van der Waals surface area contributed by atoms with E-state index in [1.54, 1.807) is 6.07 Å². The fraction of sp³-hybridized carbons (Fsp3) is 0.467. The number of hydrogen-bond donors (Lipinski definition) is 2. The Hall–Kier alpha value is -1.06. The van der Waals surface area contributed by atoms with Crippen LogP contribution in [0.2, 0.25) is 5.02 Å². The van der Waals surface area contributed by atoms with Crippen LogP contribution in [0.15, 0.2) is 23.1 Å². The molecule has 0 spiro atoms. The van der Waals surface area contributed by atoms with Crippen LogP contribution in [0.4, 0.5) is 0 Å². The Bertz CT molecular complexity index is 670. The molecule has 0 saturated heterocycles. The predicted octanol–water partition coefficient (Wildman–Crippen LogP) is 2.15. The van der Waals surface area contributed by atoms with Gasteiger partial charge in [-0.3, -0.25) is 0 Å². The van der Waals surface area contributed by atoms with Gasteiger partial charge in [-0.25, -0.2) is 13.1 Å². The zero-order chi connectivity index (χ0) is 15.5. The van der Waals surface area contributed by atoms with Gasteiger partial charge in [0, 0.05) is 18.0 Å². The van der Waals surface area contributed by atoms with Crippen molar-refractivity contribution >= 4 is 21.6 Å². The van der Waals surface area contributed by atoms with E-state index in [1.807, 2.05) is 0 Å². The molecule has 0 heterocycles. The number of sulfonamides is 1. The summed E-state index contributed by atoms with van der Waals surface area (Å²) in [5.41, 5.74) is 0.629. The van der Waals surface area contributed by atoms with Crippen LogP contribution < -0.4 is 4.72 Å². The maximum atomic E-state index is 12.3. The minimum absolute atomic E-state index is 0.00305. The topological polar surface area (TPSA) is 66.4 Å². The minimum atomic E-state index is -3.59. The van der Waals surface area contributed by atoms with Gasteiger partial charge in [-0.1, -0.05) is 30.4 Å². The molecular weight excluding hydrogens is 310 g/mol. The van der Waals surface area contributed by atoms with Crippen molar-refractivity contribution in [3.8, 4) is 11.8 Å². The number of aliphatic hydroxyl groups is 1. The standard InChI is InChI=1S/C15H18ClNO3S/c1-11-8-13(9-11)17-21(19,20)15-6-5-12(10-14(15)16)4-2-3-7-18/h5-6,10-11,13,17-18H,3,7-9H2,1H3. The van der Waals surface area contributed by atoms with Gasteiger partial charge in [-0.05, 0) is 37.0 Å². The van der Waals surface area contributed by atoms with E-state index in [0.29, 0.717) is 17.9 Å². The molecular formula is C15H18ClNO3S. The van der Waals surface area contributed by atoms with E-state index in [9.17, 15) is 8.42 Å². The van der Waals surface area contributed by atoms with E-state index >= 15 is 0 Å². The van der Waals surface area contributed by atoms with Crippen LogP contribution in [0.25, 0.3) is 0 Å². The van der Waals surface area contributed by atoms with Crippen LogP contribution in [0.5, 0.6) is 0 Å². The first-order chi connectivity index (χ1) is 9.92. The molecule has 0 aromatic heterocycles. The van der Waals surface area contributed by atoms with Gasteiger partial charge in [0.05, 0.1) is 11.6 Å². The van der Waals surface area contributed by atoms with Gasteiger partial charge in [0.25, 0.3) is 0 Å². The minimum Gasteiger partial charge on any atom is -0.395 e. The van der Waals surface area contributed by atoms with Crippen molar-refractivity contribution in [2.24, 2.45) is 5.92 Å². The predicted molar refractivity (Wildman–Crippen MR) is 82.5 cm³/mol. The Kier molecular flexibility index (Phi) is 5.28. The summed E-state index contributed by atoms with van der Waals surface area (Å²) in [7, 11) is -3.59. The first-order valence-corrected chi connectivity index (χ1v) is 8.70. The average Bonchev–Trinajstić information content (AvgIpc) is 2.37. The zero-order valence-corrected chi connectivity index (χ0v) is 13.3. The fourth-order valence-electron chi connectivity index (χ4n) is 2.30. The summed E-state index contributed by atoms with van der Waals surface area (Å²) in [6.07, 6.45) is 2.10. The summed E-state index contributed by atoms with van der Waals surface area (Å²) in [5, 5.41) is 8.82. The van der Waals surface area contributed by atoms with Crippen LogP contribution in [-0.4, -0.2) is 26.2 Å². The molecule has 1 saturated carbocycles. The number of nitrogens with one attached hydrogen (secondary N) is 1. The second-order valence-corrected chi connectivity index (χ2v) is 7.40. The Labute approximate surface area is 130 Å². The lowest BCUT2D eigenvalue weighted by molar-refractivity contribution is 0.270. The third-order valence-corrected chi connectivity index (χ3v) is 5.39. The van der Waals surface area contributed by atoms with E-state index in [2.05, 4.69) is 23.5 Å². The highest BCUT2D eigenvalue weighted by Gasteiger charge is 2.30. The van der Waals surface area contributed by atoms with E-state index < -0.39 is 10.0 Å². The highest BCUT2D eigenvalue weighted by molar-refractivity contribution is 7.89. The van der Waals surface area contributed by atoms with Gasteiger partial charge in [0.15, 0.2) is 0 Å². The average molecular weight is 328 g/mol. The molecule has 1 aromatic rings. The van der Waals surface area contributed by atoms with Crippen LogP contribution in [-0.2, 0) is 10.0 Å². The lowest BCUT2D eigenvalue weighted by Crippen LogP contribution is -2.43. The molecule has 6 heteroatoms. The fourth-order valence-corrected chi connectivity index (χ4v) is 4.10. The van der Waals surface area contributed by atoms with Crippen LogP contribution in [0, 0.1) is 17.8 Å². The molecule has 2 rings (SSSR count). The van der Waals surface area contributed by atoms with Gasteiger partial charge in [0.2, 0.25) is 10.0 Å². The van der Waals surface area contributed by atoms with Crippen molar-refractivity contribution in [1.29, 1.82) is 0 Å². The highest BCUT2D eigenvalue weighted by atomic mass is 35.5. The molecule has 0 radical (unpaired) electrons. The van der Waals surface area contributed by atoms with Crippen molar-refractivity contribution < 1.29 is 13.5 Å². The number of halogens is 1. The summed E-state index contributed by atoms with van der Waals surface area (Å²) in [6.45, 7) is 2.09. The maximum absolute atomic E-state index is 12.3. The molecule has 114 valence electrons. The first-order valence-electron chi connectivity index (χ1n) is 6.84. The smallest absolute Gasteiger partial charge is 0.242 e. The van der Waals surface area contributed by atoms with Gasteiger partial charge < -0.3 is 5.11 Å². The van der Waals surface area contributed by atoms with E-state index in [1.165, 1.54) is 12.1 Å². The molecule has 0 bridgehead atoms. The zero-order valence-electron chi connectivity index (χ0n) is 11.8. The SMILES string of the molecule is CC1CC(NS(=O)(=O)c2ccc(C#CCCO)cc2Cl)C1. The highest BCUT2D eigenvalue weighted by Crippen LogP contribution is 2.29. The van der Waals surface area contributed by atoms with Crippen molar-refractivity contribution in [1.82, 2.24) is 4.72 Å². The second-order valence-electron chi connectivity index (χ2n) is 5.32. The number of aliphatic hydroxyl groups excluding tert-OH is 1. The van der Waals surface area contributed by atoms with Gasteiger partial charge >= 0.3 is 0 Å². The van der Waals surface area contributed by atoms with Gasteiger partial charge in [-0.2, -0.15) is 0 Å². The van der Waals surface area contributed by atoms with Crippen molar-refractivity contribution in [2.45, 2.75) is 37.1 Å². The molecule has 0 atom stereocenters. The quantitative estimate of drug-likeness (QED) is 0.833. The third kappa shape index (κ3) is 4.21. The maximum Gasteiger partial charge on any atom is 0.242 e. The molecule has 1 aliphatic carbocycles. The van der Waals surface area contributed by atoms with E-state index in [4.69, 9.17) is 16.7 Å². The molecule has 1 aliphatic rings. The molecule has 2 N–H and O–H groups in total. The Morgan fingerprint density at radius 2 is 2.14 bits per heavy atom. The number of hydrogen-bond acceptors (Lipinski definition) is 3. The molecule has 1 aromatic carbocycles. The van der Waals surface area contributed by atoms with Crippen LogP contribution in [0.3, 0.4) is 0 Å². The molecule has 1 fully saturated rings. The lowest BCUT2D eigenvalue weighted by atomic mass is 9.83. The summed E-state index contributed by atoms with van der Waals surface area (Å²) >= 11 is 6.06. The van der Waals surface area contributed by atoms with Crippen LogP contribution in [0.1, 0.15) is 31.7 Å². The summed E-state index contributed by atoms with van der Waals surface area (Å²) in [4.78, 5) is 0.0800. The largest absolute Gasteiger partial charge is 0.395 e. The number of rotatable bonds is 4. The van der Waals surface area contributed by atoms with Crippen molar-refractivity contribution in [3.05, 3.63) is 28.8 Å². The van der Waals surface area contributed by atoms with Gasteiger partial charge in [0.1, 0.15) is 4.90 Å². The second kappa shape index (κ2) is 6.80. The van der Waals surface area contributed by atoms with E-state index in [-0.39, 0.29) is 22.6 Å². The summed E-state index contributed by atoms with van der Waals surface area (Å²) in [5.74, 6) is 6.16. The third-order valence-electron chi connectivity index (χ3n) is 3.39. The Morgan fingerprint density at radius 3 is 2.71 bits per heavy atom. The Balaban J connectivity index is 2.15. The van der Waals surface area contributed by atoms with Crippen molar-refractivity contribution in [2.75, 3.05) is 6.61 Å². The first kappa shape index (κ1) is 16.3. The van der Waals surface area contributed by atoms with Crippen LogP contribution >= 0.6 is 11.6 Å². The van der Waals surface area contributed by atoms with Crippen molar-refractivity contribution in [3.63, 3.8) is 0 Å². The monoisotopic (exact) mass is 327 g/mol. The Morgan fingerprint density at radius 1 is 1.43 bits per heavy atom. The lowest BCUT2D eigenvalue weighted by Gasteiger charge is -2.32. The molecule has 0 aliphatic heterocycles. The summed E-state index contributed by atoms with van der Waals surface area (Å²) in [6, 6.07) is 4.62. The molecule has 0 amide bonds. The molecule has 4 nitrogen and oxygen atoms in total.